The van der Waals surface area contributed by atoms with Crippen molar-refractivity contribution in [2.24, 2.45) is 10.7 Å². The number of benzene rings is 1. The first-order valence-corrected chi connectivity index (χ1v) is 12.3. The van der Waals surface area contributed by atoms with Crippen molar-refractivity contribution in [2.45, 2.75) is 19.3 Å². The van der Waals surface area contributed by atoms with Crippen molar-refractivity contribution in [3.8, 4) is 5.75 Å². The van der Waals surface area contributed by atoms with Gasteiger partial charge in [0.2, 0.25) is 5.95 Å². The molecule has 16 nitrogen and oxygen atoms in total. The highest BCUT2D eigenvalue weighted by atomic mass is 35.5. The van der Waals surface area contributed by atoms with Gasteiger partial charge in [0.05, 0.1) is 6.33 Å². The number of guanidine groups is 1. The fourth-order valence-electron chi connectivity index (χ4n) is 3.44. The van der Waals surface area contributed by atoms with Gasteiger partial charge in [-0.3, -0.25) is 25.2 Å². The van der Waals surface area contributed by atoms with Gasteiger partial charge >= 0.3 is 0 Å². The molecule has 4 rings (SSSR count). The van der Waals surface area contributed by atoms with E-state index in [1.54, 1.807) is 12.1 Å². The number of nitrogen functional groups attached to an aromatic ring is 3. The zero-order valence-corrected chi connectivity index (χ0v) is 21.8. The number of hydrogen-bond donors (Lipinski definition) is 7. The van der Waals surface area contributed by atoms with E-state index in [0.717, 1.165) is 24.8 Å². The van der Waals surface area contributed by atoms with Crippen LogP contribution in [0.3, 0.4) is 0 Å². The molecule has 11 N–H and O–H groups in total. The number of aromatic amines is 1. The number of ether oxygens (including phenoxy) is 1. The highest BCUT2D eigenvalue weighted by Crippen LogP contribution is 2.18. The van der Waals surface area contributed by atoms with E-state index in [2.05, 4.69) is 45.5 Å². The van der Waals surface area contributed by atoms with Crippen molar-refractivity contribution < 1.29 is 14.3 Å². The second-order valence-electron chi connectivity index (χ2n) is 8.33. The van der Waals surface area contributed by atoms with E-state index in [0.29, 0.717) is 23.5 Å². The maximum Gasteiger partial charge on any atom is 0.280 e. The molecule has 0 aliphatic carbocycles. The van der Waals surface area contributed by atoms with Crippen LogP contribution in [0.5, 0.6) is 5.75 Å². The molecule has 0 bridgehead atoms. The van der Waals surface area contributed by atoms with Gasteiger partial charge in [-0.2, -0.15) is 9.97 Å². The lowest BCUT2D eigenvalue weighted by Gasteiger charge is -2.08. The summed E-state index contributed by atoms with van der Waals surface area (Å²) in [5.74, 6) is -0.716. The van der Waals surface area contributed by atoms with Crippen molar-refractivity contribution in [3.05, 3.63) is 47.0 Å². The maximum absolute atomic E-state index is 12.3. The molecule has 2 amide bonds. The summed E-state index contributed by atoms with van der Waals surface area (Å²) >= 11 is 5.79. The van der Waals surface area contributed by atoms with Gasteiger partial charge in [0.1, 0.15) is 11.3 Å². The highest BCUT2D eigenvalue weighted by Gasteiger charge is 2.16. The molecule has 208 valence electrons. The molecule has 40 heavy (non-hydrogen) atoms. The number of rotatable bonds is 10. The molecule has 3 heterocycles. The number of aryl methyl sites for hydroxylation is 1. The molecule has 0 unspecified atom stereocenters. The number of aromatic nitrogens is 6. The van der Waals surface area contributed by atoms with Gasteiger partial charge in [0.25, 0.3) is 11.8 Å². The Morgan fingerprint density at radius 3 is 2.55 bits per heavy atom. The molecular weight excluding hydrogens is 542 g/mol. The van der Waals surface area contributed by atoms with E-state index in [-0.39, 0.29) is 46.8 Å². The molecule has 4 aromatic rings. The van der Waals surface area contributed by atoms with E-state index in [4.69, 9.17) is 39.3 Å². The Balaban J connectivity index is 1.16. The number of nitrogens with zero attached hydrogens (tertiary/aromatic N) is 6. The first-order valence-electron chi connectivity index (χ1n) is 11.9. The topological polar surface area (TPSA) is 264 Å². The third-order valence-corrected chi connectivity index (χ3v) is 5.65. The molecule has 17 heteroatoms. The second-order valence-corrected chi connectivity index (χ2v) is 8.68. The summed E-state index contributed by atoms with van der Waals surface area (Å²) < 4.78 is 5.53. The van der Waals surface area contributed by atoms with Gasteiger partial charge in [0, 0.05) is 6.54 Å². The van der Waals surface area contributed by atoms with E-state index < -0.39 is 11.8 Å². The fraction of sp³-hybridized carbons (Fsp3) is 0.217. The summed E-state index contributed by atoms with van der Waals surface area (Å²) in [7, 11) is 0. The molecule has 0 fully saturated rings. The van der Waals surface area contributed by atoms with Gasteiger partial charge in [-0.1, -0.05) is 23.7 Å². The fourth-order valence-corrected chi connectivity index (χ4v) is 3.56. The minimum absolute atomic E-state index is 0.0419. The number of amides is 2. The number of unbranched alkanes of at least 4 members (excludes halogenated alkanes) is 1. The van der Waals surface area contributed by atoms with Gasteiger partial charge in [0.15, 0.2) is 46.5 Å². The highest BCUT2D eigenvalue weighted by molar-refractivity contribution is 6.31. The lowest BCUT2D eigenvalue weighted by Crippen LogP contribution is -2.38. The van der Waals surface area contributed by atoms with Crippen molar-refractivity contribution in [3.63, 3.8) is 0 Å². The Morgan fingerprint density at radius 2 is 1.77 bits per heavy atom. The number of hydrogen-bond acceptors (Lipinski definition) is 12. The third-order valence-electron chi connectivity index (χ3n) is 5.38. The van der Waals surface area contributed by atoms with Gasteiger partial charge in [-0.05, 0) is 37.0 Å². The van der Waals surface area contributed by atoms with Crippen LogP contribution >= 0.6 is 11.6 Å². The average Bonchev–Trinajstić information content (AvgIpc) is 3.39. The number of carbonyl (C=O) groups is 2. The number of fused-ring (bicyclic) bond motifs is 1. The zero-order chi connectivity index (χ0) is 28.6. The standard InChI is InChI=1S/C23H26ClN13O3/c24-16-19(27)34-18(26)15(33-16)21(39)37-22(28)29-8-2-1-3-11-4-6-12(7-5-11)40-9-13(38)32-23-35-17(25)14-20(36-23)31-10-30-14/h4-7,10H,1-3,8-9H2,(H4,26,27,34)(H3,28,29,37,39)(H4,25,30,31,32,35,36,38). The second kappa shape index (κ2) is 12.5. The molecule has 0 spiro atoms. The van der Waals surface area contributed by atoms with Crippen molar-refractivity contribution in [1.82, 2.24) is 35.2 Å². The Kier molecular flexibility index (Phi) is 8.70. The number of nitrogens with one attached hydrogen (secondary N) is 3. The number of H-pyrrole nitrogens is 1. The molecule has 0 atom stereocenters. The van der Waals surface area contributed by atoms with Crippen molar-refractivity contribution >= 4 is 63.9 Å². The van der Waals surface area contributed by atoms with Crippen LogP contribution in [0.1, 0.15) is 28.9 Å². The SMILES string of the molecule is NC(=NCCCCc1ccc(OCC(=O)Nc2nc(N)c3[nH]cnc3n2)cc1)NC(=O)c1nc(Cl)c(N)nc1N. The molecule has 0 saturated heterocycles. The Labute approximate surface area is 232 Å². The summed E-state index contributed by atoms with van der Waals surface area (Å²) in [6.07, 6.45) is 3.77. The van der Waals surface area contributed by atoms with Crippen molar-refractivity contribution in [1.29, 1.82) is 0 Å². The van der Waals surface area contributed by atoms with Crippen LogP contribution < -0.4 is 38.3 Å². The number of anilines is 4. The van der Waals surface area contributed by atoms with Crippen molar-refractivity contribution in [2.75, 3.05) is 35.7 Å². The van der Waals surface area contributed by atoms with E-state index in [1.807, 2.05) is 12.1 Å². The zero-order valence-electron chi connectivity index (χ0n) is 21.0. The van der Waals surface area contributed by atoms with Crippen LogP contribution in [0, 0.1) is 0 Å². The quantitative estimate of drug-likeness (QED) is 0.0789. The summed E-state index contributed by atoms with van der Waals surface area (Å²) in [5.41, 5.74) is 24.5. The molecule has 0 saturated carbocycles. The number of nitrogens with two attached hydrogens (primary N) is 4. The minimum Gasteiger partial charge on any atom is -0.484 e. The largest absolute Gasteiger partial charge is 0.484 e. The monoisotopic (exact) mass is 567 g/mol. The average molecular weight is 568 g/mol. The number of carbonyl (C=O) groups excluding carboxylic acids is 2. The molecule has 0 aliphatic rings. The Hall–Kier alpha value is -5.25. The van der Waals surface area contributed by atoms with Gasteiger partial charge < -0.3 is 32.7 Å². The molecular formula is C23H26ClN13O3. The number of imidazole rings is 1. The predicted molar refractivity (Wildman–Crippen MR) is 149 cm³/mol. The van der Waals surface area contributed by atoms with Crippen LogP contribution in [0.15, 0.2) is 35.6 Å². The molecule has 3 aromatic heterocycles. The first kappa shape index (κ1) is 27.8. The van der Waals surface area contributed by atoms with Crippen LogP contribution in [-0.4, -0.2) is 60.8 Å². The maximum atomic E-state index is 12.3. The Bertz CT molecular complexity index is 1560. The Morgan fingerprint density at radius 1 is 1.00 bits per heavy atom. The lowest BCUT2D eigenvalue weighted by atomic mass is 10.1. The lowest BCUT2D eigenvalue weighted by molar-refractivity contribution is -0.118. The molecule has 1 aromatic carbocycles. The molecule has 0 aliphatic heterocycles. The summed E-state index contributed by atoms with van der Waals surface area (Å²) in [6.45, 7) is 0.163. The normalized spacial score (nSPS) is 11.4. The summed E-state index contributed by atoms with van der Waals surface area (Å²) in [6, 6.07) is 7.36. The summed E-state index contributed by atoms with van der Waals surface area (Å²) in [5, 5.41) is 4.79. The van der Waals surface area contributed by atoms with Crippen LogP contribution in [0.4, 0.5) is 23.4 Å². The molecule has 0 radical (unpaired) electrons. The third kappa shape index (κ3) is 7.19. The minimum atomic E-state index is -0.693. The van der Waals surface area contributed by atoms with Gasteiger partial charge in [-0.25, -0.2) is 15.0 Å². The summed E-state index contributed by atoms with van der Waals surface area (Å²) in [4.78, 5) is 51.1. The van der Waals surface area contributed by atoms with Gasteiger partial charge in [-0.15, -0.1) is 0 Å². The van der Waals surface area contributed by atoms with Crippen LogP contribution in [0.25, 0.3) is 11.2 Å². The van der Waals surface area contributed by atoms with E-state index in [9.17, 15) is 9.59 Å². The van der Waals surface area contributed by atoms with E-state index >= 15 is 0 Å². The van der Waals surface area contributed by atoms with Crippen LogP contribution in [-0.2, 0) is 11.2 Å². The number of halogens is 1. The van der Waals surface area contributed by atoms with Crippen LogP contribution in [0.2, 0.25) is 5.15 Å². The first-order chi connectivity index (χ1) is 19.2. The predicted octanol–water partition coefficient (Wildman–Crippen LogP) is 0.628. The van der Waals surface area contributed by atoms with E-state index in [1.165, 1.54) is 6.33 Å². The smallest absolute Gasteiger partial charge is 0.280 e. The number of aliphatic imine (C=N–C) groups is 1.